The standard InChI is InChI=1S/C17H21N/c1-13-9-7-8-12-17(13)15(3)18-14(2)16-10-5-4-6-11-16/h4-12,14-15,18H,1-3H3/t14-,15?/m1/s1. The zero-order valence-electron chi connectivity index (χ0n) is 11.4. The van der Waals surface area contributed by atoms with Crippen LogP contribution in [0.25, 0.3) is 0 Å². The fourth-order valence-corrected chi connectivity index (χ4v) is 2.38. The first-order chi connectivity index (χ1) is 8.68. The van der Waals surface area contributed by atoms with Gasteiger partial charge >= 0.3 is 0 Å². The van der Waals surface area contributed by atoms with Gasteiger partial charge in [0.2, 0.25) is 0 Å². The molecule has 0 aromatic heterocycles. The minimum Gasteiger partial charge on any atom is -0.304 e. The second-order valence-electron chi connectivity index (χ2n) is 4.88. The van der Waals surface area contributed by atoms with Gasteiger partial charge in [0.25, 0.3) is 0 Å². The molecular formula is C17H21N. The Bertz CT molecular complexity index is 490. The molecule has 18 heavy (non-hydrogen) atoms. The molecule has 2 atom stereocenters. The molecule has 0 saturated carbocycles. The Kier molecular flexibility index (Phi) is 4.16. The Morgan fingerprint density at radius 2 is 1.39 bits per heavy atom. The number of hydrogen-bond acceptors (Lipinski definition) is 1. The van der Waals surface area contributed by atoms with Crippen molar-refractivity contribution < 1.29 is 0 Å². The van der Waals surface area contributed by atoms with Crippen molar-refractivity contribution in [2.24, 2.45) is 0 Å². The largest absolute Gasteiger partial charge is 0.304 e. The topological polar surface area (TPSA) is 12.0 Å². The summed E-state index contributed by atoms with van der Waals surface area (Å²) in [6.07, 6.45) is 0. The monoisotopic (exact) mass is 239 g/mol. The van der Waals surface area contributed by atoms with Gasteiger partial charge in [0, 0.05) is 12.1 Å². The molecule has 0 radical (unpaired) electrons. The summed E-state index contributed by atoms with van der Waals surface area (Å²) in [6.45, 7) is 6.60. The first kappa shape index (κ1) is 12.8. The van der Waals surface area contributed by atoms with Gasteiger partial charge in [-0.1, -0.05) is 54.6 Å². The summed E-state index contributed by atoms with van der Waals surface area (Å²) in [5.41, 5.74) is 4.05. The van der Waals surface area contributed by atoms with E-state index in [9.17, 15) is 0 Å². The van der Waals surface area contributed by atoms with Crippen molar-refractivity contribution in [3.05, 3.63) is 71.3 Å². The molecular weight excluding hydrogens is 218 g/mol. The summed E-state index contributed by atoms with van der Waals surface area (Å²) in [5, 5.41) is 3.65. The van der Waals surface area contributed by atoms with Gasteiger partial charge < -0.3 is 5.32 Å². The van der Waals surface area contributed by atoms with Crippen LogP contribution in [0, 0.1) is 6.92 Å². The average Bonchev–Trinajstić information content (AvgIpc) is 2.40. The van der Waals surface area contributed by atoms with E-state index in [1.807, 2.05) is 0 Å². The molecule has 1 nitrogen and oxygen atoms in total. The van der Waals surface area contributed by atoms with Crippen LogP contribution in [0.15, 0.2) is 54.6 Å². The fraction of sp³-hybridized carbons (Fsp3) is 0.294. The van der Waals surface area contributed by atoms with Crippen molar-refractivity contribution in [2.75, 3.05) is 0 Å². The van der Waals surface area contributed by atoms with Gasteiger partial charge in [0.05, 0.1) is 0 Å². The highest BCUT2D eigenvalue weighted by Crippen LogP contribution is 2.21. The molecule has 1 unspecified atom stereocenters. The van der Waals surface area contributed by atoms with Crippen LogP contribution in [0.5, 0.6) is 0 Å². The number of rotatable bonds is 4. The van der Waals surface area contributed by atoms with E-state index in [0.29, 0.717) is 12.1 Å². The van der Waals surface area contributed by atoms with Gasteiger partial charge in [0.15, 0.2) is 0 Å². The van der Waals surface area contributed by atoms with Crippen LogP contribution in [-0.2, 0) is 0 Å². The number of benzene rings is 2. The molecule has 0 spiro atoms. The Labute approximate surface area is 110 Å². The van der Waals surface area contributed by atoms with Crippen LogP contribution in [0.2, 0.25) is 0 Å². The van der Waals surface area contributed by atoms with Crippen LogP contribution >= 0.6 is 0 Å². The molecule has 94 valence electrons. The summed E-state index contributed by atoms with van der Waals surface area (Å²) < 4.78 is 0. The van der Waals surface area contributed by atoms with Gasteiger partial charge in [0.1, 0.15) is 0 Å². The van der Waals surface area contributed by atoms with Crippen LogP contribution in [0.1, 0.15) is 42.6 Å². The number of nitrogens with one attached hydrogen (secondary N) is 1. The van der Waals surface area contributed by atoms with Crippen LogP contribution < -0.4 is 5.32 Å². The van der Waals surface area contributed by atoms with E-state index in [4.69, 9.17) is 0 Å². The molecule has 0 saturated heterocycles. The van der Waals surface area contributed by atoms with Gasteiger partial charge in [-0.15, -0.1) is 0 Å². The highest BCUT2D eigenvalue weighted by atomic mass is 14.9. The molecule has 0 fully saturated rings. The summed E-state index contributed by atoms with van der Waals surface area (Å²) in [4.78, 5) is 0. The van der Waals surface area contributed by atoms with Crippen LogP contribution in [-0.4, -0.2) is 0 Å². The first-order valence-corrected chi connectivity index (χ1v) is 6.55. The summed E-state index contributed by atoms with van der Waals surface area (Å²) in [5.74, 6) is 0. The van der Waals surface area contributed by atoms with E-state index < -0.39 is 0 Å². The summed E-state index contributed by atoms with van der Waals surface area (Å²) in [6, 6.07) is 19.9. The lowest BCUT2D eigenvalue weighted by atomic mass is 10.0. The molecule has 2 aromatic rings. The molecule has 1 heteroatoms. The van der Waals surface area contributed by atoms with Gasteiger partial charge in [-0.05, 0) is 37.5 Å². The molecule has 2 rings (SSSR count). The molecule has 2 aromatic carbocycles. The number of aryl methyl sites for hydroxylation is 1. The SMILES string of the molecule is Cc1ccccc1C(C)N[C@H](C)c1ccccc1. The molecule has 1 N–H and O–H groups in total. The average molecular weight is 239 g/mol. The third kappa shape index (κ3) is 2.99. The van der Waals surface area contributed by atoms with E-state index in [2.05, 4.69) is 80.7 Å². The Hall–Kier alpha value is -1.60. The van der Waals surface area contributed by atoms with Crippen LogP contribution in [0.4, 0.5) is 0 Å². The first-order valence-electron chi connectivity index (χ1n) is 6.55. The summed E-state index contributed by atoms with van der Waals surface area (Å²) in [7, 11) is 0. The van der Waals surface area contributed by atoms with Crippen LogP contribution in [0.3, 0.4) is 0 Å². The van der Waals surface area contributed by atoms with Gasteiger partial charge in [-0.25, -0.2) is 0 Å². The highest BCUT2D eigenvalue weighted by Gasteiger charge is 2.11. The lowest BCUT2D eigenvalue weighted by molar-refractivity contribution is 0.493. The van der Waals surface area contributed by atoms with E-state index >= 15 is 0 Å². The van der Waals surface area contributed by atoms with Gasteiger partial charge in [-0.3, -0.25) is 0 Å². The normalized spacial score (nSPS) is 14.2. The molecule has 0 bridgehead atoms. The number of hydrogen-bond donors (Lipinski definition) is 1. The van der Waals surface area contributed by atoms with Crippen molar-refractivity contribution in [1.29, 1.82) is 0 Å². The molecule has 0 aliphatic carbocycles. The maximum absolute atomic E-state index is 3.65. The molecule has 0 aliphatic rings. The molecule has 0 aliphatic heterocycles. The fourth-order valence-electron chi connectivity index (χ4n) is 2.38. The second-order valence-corrected chi connectivity index (χ2v) is 4.88. The van der Waals surface area contributed by atoms with Gasteiger partial charge in [-0.2, -0.15) is 0 Å². The van der Waals surface area contributed by atoms with Crippen molar-refractivity contribution in [3.63, 3.8) is 0 Å². The Morgan fingerprint density at radius 3 is 2.06 bits per heavy atom. The second kappa shape index (κ2) is 5.83. The summed E-state index contributed by atoms with van der Waals surface area (Å²) >= 11 is 0. The Balaban J connectivity index is 2.08. The minimum atomic E-state index is 0.362. The van der Waals surface area contributed by atoms with Crippen molar-refractivity contribution in [1.82, 2.24) is 5.32 Å². The predicted octanol–water partition coefficient (Wildman–Crippen LogP) is 4.41. The minimum absolute atomic E-state index is 0.362. The van der Waals surface area contributed by atoms with E-state index in [1.54, 1.807) is 0 Å². The van der Waals surface area contributed by atoms with E-state index in [1.165, 1.54) is 16.7 Å². The van der Waals surface area contributed by atoms with Crippen molar-refractivity contribution in [3.8, 4) is 0 Å². The third-order valence-corrected chi connectivity index (χ3v) is 3.45. The predicted molar refractivity (Wildman–Crippen MR) is 77.6 cm³/mol. The maximum atomic E-state index is 3.65. The Morgan fingerprint density at radius 1 is 0.778 bits per heavy atom. The lowest BCUT2D eigenvalue weighted by Crippen LogP contribution is -2.23. The highest BCUT2D eigenvalue weighted by molar-refractivity contribution is 5.29. The molecule has 0 amide bonds. The van der Waals surface area contributed by atoms with Crippen molar-refractivity contribution >= 4 is 0 Å². The molecule has 0 heterocycles. The maximum Gasteiger partial charge on any atom is 0.0300 e. The van der Waals surface area contributed by atoms with E-state index in [0.717, 1.165) is 0 Å². The third-order valence-electron chi connectivity index (χ3n) is 3.45. The lowest BCUT2D eigenvalue weighted by Gasteiger charge is -2.22. The smallest absolute Gasteiger partial charge is 0.0300 e. The quantitative estimate of drug-likeness (QED) is 0.833. The zero-order valence-corrected chi connectivity index (χ0v) is 11.4. The van der Waals surface area contributed by atoms with E-state index in [-0.39, 0.29) is 0 Å². The van der Waals surface area contributed by atoms with Crippen molar-refractivity contribution in [2.45, 2.75) is 32.9 Å². The zero-order chi connectivity index (χ0) is 13.0.